The van der Waals surface area contributed by atoms with Crippen molar-refractivity contribution in [2.75, 3.05) is 13.2 Å². The Balaban J connectivity index is 4.42. The molecular formula is C11H22O4. The van der Waals surface area contributed by atoms with Gasteiger partial charge < -0.3 is 14.9 Å². The molecule has 15 heavy (non-hydrogen) atoms. The summed E-state index contributed by atoms with van der Waals surface area (Å²) in [5, 5.41) is 17.8. The molecule has 0 unspecified atom stereocenters. The normalized spacial score (nSPS) is 15.9. The van der Waals surface area contributed by atoms with Gasteiger partial charge in [-0.15, -0.1) is 0 Å². The minimum atomic E-state index is -0.528. The van der Waals surface area contributed by atoms with Crippen molar-refractivity contribution in [1.29, 1.82) is 0 Å². The van der Waals surface area contributed by atoms with E-state index in [9.17, 15) is 4.79 Å². The second-order valence-electron chi connectivity index (χ2n) is 4.81. The van der Waals surface area contributed by atoms with E-state index in [4.69, 9.17) is 14.9 Å². The van der Waals surface area contributed by atoms with E-state index in [-0.39, 0.29) is 25.1 Å². The van der Waals surface area contributed by atoms with Gasteiger partial charge in [0.1, 0.15) is 5.60 Å². The monoisotopic (exact) mass is 218 g/mol. The molecule has 0 aliphatic rings. The van der Waals surface area contributed by atoms with E-state index in [2.05, 4.69) is 0 Å². The van der Waals surface area contributed by atoms with Gasteiger partial charge in [0.2, 0.25) is 0 Å². The zero-order valence-electron chi connectivity index (χ0n) is 9.99. The molecule has 0 aromatic carbocycles. The summed E-state index contributed by atoms with van der Waals surface area (Å²) in [7, 11) is 0. The summed E-state index contributed by atoms with van der Waals surface area (Å²) in [6.07, 6.45) is 0.330. The van der Waals surface area contributed by atoms with Gasteiger partial charge in [0.25, 0.3) is 0 Å². The van der Waals surface area contributed by atoms with Gasteiger partial charge in [-0.3, -0.25) is 4.79 Å². The van der Waals surface area contributed by atoms with Gasteiger partial charge in [-0.2, -0.15) is 0 Å². The molecule has 0 rings (SSSR count). The minimum Gasteiger partial charge on any atom is -0.460 e. The quantitative estimate of drug-likeness (QED) is 0.674. The Labute approximate surface area is 91.3 Å². The number of carbonyl (C=O) groups is 1. The molecule has 0 spiro atoms. The molecule has 0 amide bonds. The average Bonchev–Trinajstić information content (AvgIpc) is 2.10. The highest BCUT2D eigenvalue weighted by molar-refractivity contribution is 5.73. The summed E-state index contributed by atoms with van der Waals surface area (Å²) in [6.45, 7) is 7.00. The maximum Gasteiger partial charge on any atom is 0.309 e. The van der Waals surface area contributed by atoms with E-state index in [1.54, 1.807) is 27.7 Å². The first-order valence-electron chi connectivity index (χ1n) is 5.26. The van der Waals surface area contributed by atoms with Crippen molar-refractivity contribution in [3.05, 3.63) is 0 Å². The van der Waals surface area contributed by atoms with E-state index in [1.165, 1.54) is 0 Å². The summed E-state index contributed by atoms with van der Waals surface area (Å²) in [5.41, 5.74) is -0.528. The SMILES string of the molecule is C[C@@H](CO)[C@H](CCO)C(=O)OC(C)(C)C. The fourth-order valence-electron chi connectivity index (χ4n) is 1.28. The molecule has 0 saturated carbocycles. The highest BCUT2D eigenvalue weighted by atomic mass is 16.6. The summed E-state index contributed by atoms with van der Waals surface area (Å²) >= 11 is 0. The van der Waals surface area contributed by atoms with Gasteiger partial charge in [0.05, 0.1) is 5.92 Å². The molecule has 2 atom stereocenters. The highest BCUT2D eigenvalue weighted by Crippen LogP contribution is 2.20. The zero-order valence-corrected chi connectivity index (χ0v) is 9.99. The second kappa shape index (κ2) is 6.08. The molecule has 0 aliphatic carbocycles. The van der Waals surface area contributed by atoms with Crippen molar-refractivity contribution in [3.63, 3.8) is 0 Å². The smallest absolute Gasteiger partial charge is 0.309 e. The summed E-state index contributed by atoms with van der Waals surface area (Å²) < 4.78 is 5.21. The lowest BCUT2D eigenvalue weighted by Gasteiger charge is -2.26. The highest BCUT2D eigenvalue weighted by Gasteiger charge is 2.28. The summed E-state index contributed by atoms with van der Waals surface area (Å²) in [5.74, 6) is -0.968. The molecule has 0 radical (unpaired) electrons. The maximum atomic E-state index is 11.7. The van der Waals surface area contributed by atoms with Gasteiger partial charge in [-0.05, 0) is 33.1 Å². The lowest BCUT2D eigenvalue weighted by Crippen LogP contribution is -2.33. The molecule has 0 bridgehead atoms. The first kappa shape index (κ1) is 14.4. The van der Waals surface area contributed by atoms with Gasteiger partial charge in [-0.25, -0.2) is 0 Å². The first-order valence-corrected chi connectivity index (χ1v) is 5.26. The number of aliphatic hydroxyl groups is 2. The fraction of sp³-hybridized carbons (Fsp3) is 0.909. The third-order valence-corrected chi connectivity index (χ3v) is 2.12. The number of rotatable bonds is 5. The molecule has 0 aliphatic heterocycles. The van der Waals surface area contributed by atoms with Crippen LogP contribution in [0.3, 0.4) is 0 Å². The molecule has 0 heterocycles. The van der Waals surface area contributed by atoms with Crippen molar-refractivity contribution in [3.8, 4) is 0 Å². The van der Waals surface area contributed by atoms with Crippen LogP contribution in [0.5, 0.6) is 0 Å². The topological polar surface area (TPSA) is 66.8 Å². The van der Waals surface area contributed by atoms with Crippen LogP contribution < -0.4 is 0 Å². The summed E-state index contributed by atoms with van der Waals surface area (Å²) in [4.78, 5) is 11.7. The van der Waals surface area contributed by atoms with E-state index in [0.29, 0.717) is 6.42 Å². The Bertz CT molecular complexity index is 195. The van der Waals surface area contributed by atoms with Crippen molar-refractivity contribution in [2.45, 2.75) is 39.7 Å². The van der Waals surface area contributed by atoms with Gasteiger partial charge >= 0.3 is 5.97 Å². The third kappa shape index (κ3) is 5.74. The van der Waals surface area contributed by atoms with Crippen LogP contribution in [0.25, 0.3) is 0 Å². The van der Waals surface area contributed by atoms with Gasteiger partial charge in [0.15, 0.2) is 0 Å². The standard InChI is InChI=1S/C11H22O4/c1-8(7-13)9(5-6-12)10(14)15-11(2,3)4/h8-9,12-13H,5-7H2,1-4H3/t8-,9-/m0/s1. The lowest BCUT2D eigenvalue weighted by molar-refractivity contribution is -0.163. The van der Waals surface area contributed by atoms with Crippen molar-refractivity contribution >= 4 is 5.97 Å². The Morgan fingerprint density at radius 2 is 1.87 bits per heavy atom. The molecule has 90 valence electrons. The van der Waals surface area contributed by atoms with E-state index < -0.39 is 11.5 Å². The second-order valence-corrected chi connectivity index (χ2v) is 4.81. The number of carbonyl (C=O) groups excluding carboxylic acids is 1. The predicted molar refractivity (Wildman–Crippen MR) is 57.3 cm³/mol. The number of esters is 1. The number of ether oxygens (including phenoxy) is 1. The molecular weight excluding hydrogens is 196 g/mol. The molecule has 4 nitrogen and oxygen atoms in total. The van der Waals surface area contributed by atoms with Gasteiger partial charge in [-0.1, -0.05) is 6.92 Å². The van der Waals surface area contributed by atoms with Crippen LogP contribution in [-0.2, 0) is 9.53 Å². The zero-order chi connectivity index (χ0) is 12.1. The van der Waals surface area contributed by atoms with Crippen LogP contribution in [0.1, 0.15) is 34.1 Å². The Kier molecular flexibility index (Phi) is 5.83. The lowest BCUT2D eigenvalue weighted by atomic mass is 9.92. The molecule has 4 heteroatoms. The minimum absolute atomic E-state index is 0.0751. The van der Waals surface area contributed by atoms with E-state index in [1.807, 2.05) is 0 Å². The Morgan fingerprint density at radius 3 is 2.20 bits per heavy atom. The third-order valence-electron chi connectivity index (χ3n) is 2.12. The Hall–Kier alpha value is -0.610. The summed E-state index contributed by atoms with van der Waals surface area (Å²) in [6, 6.07) is 0. The van der Waals surface area contributed by atoms with Crippen LogP contribution in [0.15, 0.2) is 0 Å². The average molecular weight is 218 g/mol. The number of hydrogen-bond acceptors (Lipinski definition) is 4. The van der Waals surface area contributed by atoms with Crippen molar-refractivity contribution in [1.82, 2.24) is 0 Å². The van der Waals surface area contributed by atoms with Crippen molar-refractivity contribution in [2.24, 2.45) is 11.8 Å². The van der Waals surface area contributed by atoms with E-state index >= 15 is 0 Å². The van der Waals surface area contributed by atoms with Crippen molar-refractivity contribution < 1.29 is 19.7 Å². The van der Waals surface area contributed by atoms with Crippen LogP contribution in [0.4, 0.5) is 0 Å². The van der Waals surface area contributed by atoms with Gasteiger partial charge in [0, 0.05) is 13.2 Å². The molecule has 0 aromatic rings. The molecule has 0 aromatic heterocycles. The fourth-order valence-corrected chi connectivity index (χ4v) is 1.28. The molecule has 0 saturated heterocycles. The first-order chi connectivity index (χ1) is 6.81. The molecule has 2 N–H and O–H groups in total. The molecule has 0 fully saturated rings. The van der Waals surface area contributed by atoms with Crippen LogP contribution >= 0.6 is 0 Å². The largest absolute Gasteiger partial charge is 0.460 e. The van der Waals surface area contributed by atoms with Crippen LogP contribution in [-0.4, -0.2) is 35.0 Å². The van der Waals surface area contributed by atoms with Crippen LogP contribution in [0.2, 0.25) is 0 Å². The maximum absolute atomic E-state index is 11.7. The van der Waals surface area contributed by atoms with E-state index in [0.717, 1.165) is 0 Å². The predicted octanol–water partition coefficient (Wildman–Crippen LogP) is 0.955. The number of aliphatic hydroxyl groups excluding tert-OH is 2. The number of hydrogen-bond donors (Lipinski definition) is 2. The van der Waals surface area contributed by atoms with Crippen LogP contribution in [0, 0.1) is 11.8 Å². The Morgan fingerprint density at radius 1 is 1.33 bits per heavy atom.